The van der Waals surface area contributed by atoms with Crippen LogP contribution in [0, 0.1) is 0 Å². The highest BCUT2D eigenvalue weighted by molar-refractivity contribution is 7.87. The number of thiophene rings is 1. The van der Waals surface area contributed by atoms with Crippen LogP contribution in [0.3, 0.4) is 0 Å². The lowest BCUT2D eigenvalue weighted by molar-refractivity contribution is -0.118. The molecule has 1 rings (SSSR count). The van der Waals surface area contributed by atoms with Crippen molar-refractivity contribution in [1.82, 2.24) is 5.32 Å². The van der Waals surface area contributed by atoms with Crippen molar-refractivity contribution in [2.24, 2.45) is 0 Å². The Balaban J connectivity index is 2.64. The van der Waals surface area contributed by atoms with E-state index in [0.717, 1.165) is 11.3 Å². The van der Waals surface area contributed by atoms with Crippen LogP contribution >= 0.6 is 22.9 Å². The summed E-state index contributed by atoms with van der Waals surface area (Å²) >= 11 is 6.89. The molecule has 2 atom stereocenters. The molecule has 0 radical (unpaired) electrons. The quantitative estimate of drug-likeness (QED) is 0.816. The lowest BCUT2D eigenvalue weighted by Gasteiger charge is -2.09. The molecule has 1 N–H and O–H groups in total. The molecule has 0 aliphatic carbocycles. The molecule has 1 aromatic heterocycles. The van der Waals surface area contributed by atoms with Crippen molar-refractivity contribution in [2.75, 3.05) is 12.3 Å². The molecule has 0 spiro atoms. The predicted octanol–water partition coefficient (Wildman–Crippen LogP) is 1.86. The first-order valence-corrected chi connectivity index (χ1v) is 7.96. The molecule has 0 aromatic carbocycles. The number of carbonyl (C=O) groups is 2. The molecule has 1 amide bonds. The Labute approximate surface area is 117 Å². The average molecular weight is 308 g/mol. The minimum absolute atomic E-state index is 0.153. The fraction of sp³-hybridized carbons (Fsp3) is 0.455. The van der Waals surface area contributed by atoms with Gasteiger partial charge in [0.1, 0.15) is 5.75 Å². The van der Waals surface area contributed by atoms with Gasteiger partial charge in [0.2, 0.25) is 5.91 Å². The summed E-state index contributed by atoms with van der Waals surface area (Å²) in [5, 5.41) is 1.85. The molecule has 7 heteroatoms. The Morgan fingerprint density at radius 2 is 2.17 bits per heavy atom. The Hall–Kier alpha value is -0.720. The van der Waals surface area contributed by atoms with E-state index in [9.17, 15) is 13.8 Å². The lowest BCUT2D eigenvalue weighted by Crippen LogP contribution is -2.33. The summed E-state index contributed by atoms with van der Waals surface area (Å²) in [6.07, 6.45) is 0. The van der Waals surface area contributed by atoms with E-state index in [1.807, 2.05) is 0 Å². The number of carbonyl (C=O) groups excluding carboxylic acids is 2. The van der Waals surface area contributed by atoms with Gasteiger partial charge in [-0.05, 0) is 26.0 Å². The minimum Gasteiger partial charge on any atom is -0.356 e. The number of ketones is 1. The maximum Gasteiger partial charge on any atom is 0.232 e. The highest BCUT2D eigenvalue weighted by Crippen LogP contribution is 2.23. The zero-order valence-electron chi connectivity index (χ0n) is 10.1. The van der Waals surface area contributed by atoms with Gasteiger partial charge in [0.05, 0.1) is 14.5 Å². The lowest BCUT2D eigenvalue weighted by atomic mass is 10.2. The van der Waals surface area contributed by atoms with Gasteiger partial charge in [-0.2, -0.15) is 0 Å². The van der Waals surface area contributed by atoms with Crippen LogP contribution in [0.2, 0.25) is 4.34 Å². The van der Waals surface area contributed by atoms with Crippen molar-refractivity contribution in [3.05, 3.63) is 21.3 Å². The zero-order valence-corrected chi connectivity index (χ0v) is 12.5. The van der Waals surface area contributed by atoms with E-state index in [0.29, 0.717) is 15.8 Å². The smallest absolute Gasteiger partial charge is 0.232 e. The van der Waals surface area contributed by atoms with Crippen molar-refractivity contribution in [3.63, 3.8) is 0 Å². The maximum absolute atomic E-state index is 12.0. The third-order valence-corrected chi connectivity index (χ3v) is 5.02. The molecule has 0 aliphatic rings. The molecule has 0 fully saturated rings. The van der Waals surface area contributed by atoms with Gasteiger partial charge in [-0.3, -0.25) is 13.8 Å². The van der Waals surface area contributed by atoms with Crippen LogP contribution < -0.4 is 5.32 Å². The van der Waals surface area contributed by atoms with Gasteiger partial charge in [0, 0.05) is 17.3 Å². The van der Waals surface area contributed by atoms with Gasteiger partial charge in [0.25, 0.3) is 0 Å². The molecule has 0 bridgehead atoms. The van der Waals surface area contributed by atoms with Gasteiger partial charge in [-0.25, -0.2) is 0 Å². The maximum atomic E-state index is 12.0. The molecule has 18 heavy (non-hydrogen) atoms. The fourth-order valence-electron chi connectivity index (χ4n) is 1.27. The number of Topliss-reactive ketones (excluding diaryl/α,β-unsaturated/α-hetero) is 1. The van der Waals surface area contributed by atoms with E-state index >= 15 is 0 Å². The summed E-state index contributed by atoms with van der Waals surface area (Å²) in [6, 6.07) is 3.23. The second-order valence-electron chi connectivity index (χ2n) is 3.59. The Morgan fingerprint density at radius 3 is 2.67 bits per heavy atom. The minimum atomic E-state index is -1.52. The summed E-state index contributed by atoms with van der Waals surface area (Å²) in [6.45, 7) is 3.83. The second-order valence-corrected chi connectivity index (χ2v) is 7.06. The highest BCUT2D eigenvalue weighted by atomic mass is 35.5. The Bertz CT molecular complexity index is 473. The Morgan fingerprint density at radius 1 is 1.50 bits per heavy atom. The number of hydrogen-bond donors (Lipinski definition) is 1. The van der Waals surface area contributed by atoms with Crippen molar-refractivity contribution >= 4 is 45.4 Å². The van der Waals surface area contributed by atoms with E-state index in [1.54, 1.807) is 26.0 Å². The molecule has 2 unspecified atom stereocenters. The van der Waals surface area contributed by atoms with Crippen LogP contribution in [0.5, 0.6) is 0 Å². The zero-order chi connectivity index (χ0) is 13.7. The van der Waals surface area contributed by atoms with E-state index in [1.165, 1.54) is 0 Å². The third-order valence-electron chi connectivity index (χ3n) is 2.23. The van der Waals surface area contributed by atoms with Crippen LogP contribution in [0.15, 0.2) is 12.1 Å². The second kappa shape index (κ2) is 7.01. The number of rotatable bonds is 6. The standard InChI is InChI=1S/C11H14ClNO3S2/c1-3-13-10(14)6-18(16)7(2)11(15)8-4-5-9(12)17-8/h4-5,7H,3,6H2,1-2H3,(H,13,14). The fourth-order valence-corrected chi connectivity index (χ4v) is 3.39. The first-order chi connectivity index (χ1) is 8.45. The number of amides is 1. The third kappa shape index (κ3) is 4.19. The number of hydrogen-bond acceptors (Lipinski definition) is 4. The molecule has 100 valence electrons. The summed E-state index contributed by atoms with van der Waals surface area (Å²) < 4.78 is 12.4. The van der Waals surface area contributed by atoms with Crippen molar-refractivity contribution in [2.45, 2.75) is 19.1 Å². The Kier molecular flexibility index (Phi) is 5.98. The van der Waals surface area contributed by atoms with Gasteiger partial charge in [0.15, 0.2) is 5.78 Å². The molecule has 0 aliphatic heterocycles. The van der Waals surface area contributed by atoms with E-state index < -0.39 is 16.0 Å². The molecule has 4 nitrogen and oxygen atoms in total. The molecule has 1 heterocycles. The molecule has 0 saturated carbocycles. The van der Waals surface area contributed by atoms with Gasteiger partial charge >= 0.3 is 0 Å². The average Bonchev–Trinajstić information content (AvgIpc) is 2.74. The topological polar surface area (TPSA) is 63.2 Å². The SMILES string of the molecule is CCNC(=O)CS(=O)C(C)C(=O)c1ccc(Cl)s1. The van der Waals surface area contributed by atoms with Crippen molar-refractivity contribution in [3.8, 4) is 0 Å². The summed E-state index contributed by atoms with van der Waals surface area (Å²) in [4.78, 5) is 23.7. The van der Waals surface area contributed by atoms with E-state index in [2.05, 4.69) is 5.32 Å². The summed E-state index contributed by atoms with van der Waals surface area (Å²) in [5.41, 5.74) is 0. The van der Waals surface area contributed by atoms with Crippen LogP contribution in [0.1, 0.15) is 23.5 Å². The molecular formula is C11H14ClNO3S2. The van der Waals surface area contributed by atoms with Crippen molar-refractivity contribution < 1.29 is 13.8 Å². The molecule has 1 aromatic rings. The van der Waals surface area contributed by atoms with Gasteiger partial charge in [-0.1, -0.05) is 11.6 Å². The van der Waals surface area contributed by atoms with E-state index in [-0.39, 0.29) is 17.4 Å². The first-order valence-electron chi connectivity index (χ1n) is 5.39. The van der Waals surface area contributed by atoms with Gasteiger partial charge in [-0.15, -0.1) is 11.3 Å². The molecular weight excluding hydrogens is 294 g/mol. The van der Waals surface area contributed by atoms with E-state index in [4.69, 9.17) is 11.6 Å². The van der Waals surface area contributed by atoms with Gasteiger partial charge < -0.3 is 5.32 Å². The largest absolute Gasteiger partial charge is 0.356 e. The molecule has 0 saturated heterocycles. The summed E-state index contributed by atoms with van der Waals surface area (Å²) in [5.74, 6) is -0.700. The number of nitrogens with one attached hydrogen (secondary N) is 1. The number of halogens is 1. The van der Waals surface area contributed by atoms with Crippen LogP contribution in [0.4, 0.5) is 0 Å². The monoisotopic (exact) mass is 307 g/mol. The first kappa shape index (κ1) is 15.3. The van der Waals surface area contributed by atoms with Crippen LogP contribution in [-0.4, -0.2) is 33.4 Å². The predicted molar refractivity (Wildman–Crippen MR) is 74.8 cm³/mol. The summed E-state index contributed by atoms with van der Waals surface area (Å²) in [7, 11) is -1.52. The highest BCUT2D eigenvalue weighted by Gasteiger charge is 2.24. The van der Waals surface area contributed by atoms with Crippen LogP contribution in [0.25, 0.3) is 0 Å². The van der Waals surface area contributed by atoms with Crippen molar-refractivity contribution in [1.29, 1.82) is 0 Å². The normalized spacial score (nSPS) is 13.9. The van der Waals surface area contributed by atoms with Crippen LogP contribution in [-0.2, 0) is 15.6 Å².